The Morgan fingerprint density at radius 2 is 1.89 bits per heavy atom. The van der Waals surface area contributed by atoms with Gasteiger partial charge in [-0.3, -0.25) is 9.78 Å². The second-order valence-electron chi connectivity index (χ2n) is 3.87. The summed E-state index contributed by atoms with van der Waals surface area (Å²) in [5, 5.41) is 2.36. The highest BCUT2D eigenvalue weighted by Crippen LogP contribution is 2.13. The van der Waals surface area contributed by atoms with E-state index in [2.05, 4.69) is 10.3 Å². The molecule has 0 radical (unpaired) electrons. The molecular weight excluding hydrogens is 252 g/mol. The van der Waals surface area contributed by atoms with Crippen molar-refractivity contribution in [2.75, 3.05) is 5.32 Å². The Bertz CT molecular complexity index is 579. The molecule has 98 valence electrons. The molecule has 3 N–H and O–H groups in total. The van der Waals surface area contributed by atoms with E-state index in [0.717, 1.165) is 23.8 Å². The van der Waals surface area contributed by atoms with Crippen LogP contribution in [0.25, 0.3) is 0 Å². The monoisotopic (exact) mass is 263 g/mol. The molecule has 0 aliphatic rings. The van der Waals surface area contributed by atoms with Gasteiger partial charge in [0.15, 0.2) is 0 Å². The zero-order valence-electron chi connectivity index (χ0n) is 9.86. The van der Waals surface area contributed by atoms with Crippen molar-refractivity contribution in [1.29, 1.82) is 0 Å². The lowest BCUT2D eigenvalue weighted by Crippen LogP contribution is -2.14. The minimum atomic E-state index is -0.762. The summed E-state index contributed by atoms with van der Waals surface area (Å²) < 4.78 is 25.9. The Morgan fingerprint density at radius 3 is 2.42 bits per heavy atom. The van der Waals surface area contributed by atoms with Crippen LogP contribution in [0.2, 0.25) is 0 Å². The Labute approximate surface area is 108 Å². The zero-order chi connectivity index (χ0) is 13.8. The smallest absolute Gasteiger partial charge is 0.274 e. The van der Waals surface area contributed by atoms with Gasteiger partial charge in [0.25, 0.3) is 5.91 Å². The maximum atomic E-state index is 13.0. The summed E-state index contributed by atoms with van der Waals surface area (Å²) in [6.45, 7) is 0.323. The number of hydrogen-bond acceptors (Lipinski definition) is 3. The van der Waals surface area contributed by atoms with Gasteiger partial charge in [0.2, 0.25) is 0 Å². The van der Waals surface area contributed by atoms with Crippen LogP contribution in [0, 0.1) is 11.6 Å². The lowest BCUT2D eigenvalue weighted by Gasteiger charge is -2.05. The molecule has 0 unspecified atom stereocenters. The highest BCUT2D eigenvalue weighted by atomic mass is 19.1. The minimum Gasteiger partial charge on any atom is -0.326 e. The molecule has 2 aromatic rings. The molecule has 1 amide bonds. The normalized spacial score (nSPS) is 10.3. The van der Waals surface area contributed by atoms with Crippen molar-refractivity contribution in [3.8, 4) is 0 Å². The highest BCUT2D eigenvalue weighted by molar-refractivity contribution is 6.02. The van der Waals surface area contributed by atoms with Gasteiger partial charge >= 0.3 is 0 Å². The number of halogens is 2. The number of aromatic nitrogens is 1. The van der Waals surface area contributed by atoms with Crippen molar-refractivity contribution in [3.63, 3.8) is 0 Å². The molecule has 0 aliphatic heterocycles. The fourth-order valence-electron chi connectivity index (χ4n) is 1.50. The van der Waals surface area contributed by atoms with E-state index in [9.17, 15) is 13.6 Å². The molecule has 4 nitrogen and oxygen atoms in total. The predicted molar refractivity (Wildman–Crippen MR) is 66.4 cm³/mol. The van der Waals surface area contributed by atoms with E-state index in [-0.39, 0.29) is 11.4 Å². The molecule has 0 aliphatic carbocycles. The lowest BCUT2D eigenvalue weighted by molar-refractivity contribution is 0.102. The summed E-state index contributed by atoms with van der Waals surface area (Å²) in [6.07, 6.45) is 1.47. The second kappa shape index (κ2) is 5.53. The van der Waals surface area contributed by atoms with Gasteiger partial charge in [0, 0.05) is 24.5 Å². The molecule has 1 aromatic heterocycles. The average Bonchev–Trinajstić information content (AvgIpc) is 2.37. The van der Waals surface area contributed by atoms with E-state index in [0.29, 0.717) is 6.54 Å². The van der Waals surface area contributed by atoms with Crippen molar-refractivity contribution in [2.24, 2.45) is 5.73 Å². The third kappa shape index (κ3) is 3.32. The molecule has 0 saturated carbocycles. The number of nitrogens with two attached hydrogens (primary N) is 1. The average molecular weight is 263 g/mol. The first-order chi connectivity index (χ1) is 9.08. The van der Waals surface area contributed by atoms with Gasteiger partial charge < -0.3 is 11.1 Å². The summed E-state index contributed by atoms with van der Waals surface area (Å²) in [5.74, 6) is -2.07. The number of benzene rings is 1. The number of carbonyl (C=O) groups excluding carboxylic acids is 1. The highest BCUT2D eigenvalue weighted by Gasteiger charge is 2.09. The van der Waals surface area contributed by atoms with Crippen LogP contribution in [-0.4, -0.2) is 10.9 Å². The van der Waals surface area contributed by atoms with Crippen LogP contribution in [0.4, 0.5) is 14.5 Å². The van der Waals surface area contributed by atoms with Gasteiger partial charge in [0.1, 0.15) is 17.3 Å². The van der Waals surface area contributed by atoms with Crippen LogP contribution >= 0.6 is 0 Å². The van der Waals surface area contributed by atoms with Crippen LogP contribution in [0.15, 0.2) is 36.5 Å². The maximum absolute atomic E-state index is 13.0. The maximum Gasteiger partial charge on any atom is 0.274 e. The second-order valence-corrected chi connectivity index (χ2v) is 3.87. The van der Waals surface area contributed by atoms with E-state index in [1.807, 2.05) is 0 Å². The number of nitrogens with one attached hydrogen (secondary N) is 1. The molecule has 19 heavy (non-hydrogen) atoms. The number of hydrogen-bond donors (Lipinski definition) is 2. The molecule has 0 spiro atoms. The molecule has 6 heteroatoms. The number of anilines is 1. The molecule has 0 fully saturated rings. The molecule has 1 aromatic carbocycles. The van der Waals surface area contributed by atoms with E-state index in [1.165, 1.54) is 12.3 Å². The Kier molecular flexibility index (Phi) is 3.82. The topological polar surface area (TPSA) is 68.0 Å². The SMILES string of the molecule is NCc1ccc(C(=O)Nc2cc(F)cc(F)c2)nc1. The third-order valence-electron chi connectivity index (χ3n) is 2.41. The first kappa shape index (κ1) is 13.1. The number of amides is 1. The standard InChI is InChI=1S/C13H11F2N3O/c14-9-3-10(15)5-11(4-9)18-13(19)12-2-1-8(6-16)7-17-12/h1-5,7H,6,16H2,(H,18,19). The van der Waals surface area contributed by atoms with Gasteiger partial charge in [-0.1, -0.05) is 6.07 Å². The van der Waals surface area contributed by atoms with E-state index >= 15 is 0 Å². The lowest BCUT2D eigenvalue weighted by atomic mass is 10.2. The van der Waals surface area contributed by atoms with E-state index in [4.69, 9.17) is 5.73 Å². The quantitative estimate of drug-likeness (QED) is 0.890. The fraction of sp³-hybridized carbons (Fsp3) is 0.0769. The van der Waals surface area contributed by atoms with Crippen molar-refractivity contribution >= 4 is 11.6 Å². The zero-order valence-corrected chi connectivity index (χ0v) is 9.86. The van der Waals surface area contributed by atoms with Gasteiger partial charge in [-0.2, -0.15) is 0 Å². The van der Waals surface area contributed by atoms with Crippen LogP contribution < -0.4 is 11.1 Å². The summed E-state index contributed by atoms with van der Waals surface area (Å²) in [7, 11) is 0. The Balaban J connectivity index is 2.15. The molecular formula is C13H11F2N3O. The van der Waals surface area contributed by atoms with Gasteiger partial charge in [0.05, 0.1) is 0 Å². The van der Waals surface area contributed by atoms with Crippen molar-refractivity contribution in [2.45, 2.75) is 6.54 Å². The molecule has 2 rings (SSSR count). The van der Waals surface area contributed by atoms with Crippen molar-refractivity contribution in [1.82, 2.24) is 4.98 Å². The number of carbonyl (C=O) groups is 1. The predicted octanol–water partition coefficient (Wildman–Crippen LogP) is 2.07. The fourth-order valence-corrected chi connectivity index (χ4v) is 1.50. The van der Waals surface area contributed by atoms with Crippen LogP contribution in [0.5, 0.6) is 0 Å². The molecule has 0 atom stereocenters. The minimum absolute atomic E-state index is 0.0344. The Hall–Kier alpha value is -2.34. The van der Waals surface area contributed by atoms with Gasteiger partial charge in [-0.25, -0.2) is 8.78 Å². The molecule has 0 bridgehead atoms. The molecule has 1 heterocycles. The summed E-state index contributed by atoms with van der Waals surface area (Å²) in [5.41, 5.74) is 6.37. The van der Waals surface area contributed by atoms with Crippen LogP contribution in [0.1, 0.15) is 16.1 Å². The Morgan fingerprint density at radius 1 is 1.21 bits per heavy atom. The number of pyridine rings is 1. The largest absolute Gasteiger partial charge is 0.326 e. The third-order valence-corrected chi connectivity index (χ3v) is 2.41. The summed E-state index contributed by atoms with van der Waals surface area (Å²) in [6, 6.07) is 5.93. The van der Waals surface area contributed by atoms with Crippen LogP contribution in [0.3, 0.4) is 0 Å². The molecule has 0 saturated heterocycles. The van der Waals surface area contributed by atoms with Gasteiger partial charge in [-0.15, -0.1) is 0 Å². The number of rotatable bonds is 3. The van der Waals surface area contributed by atoms with Gasteiger partial charge in [-0.05, 0) is 23.8 Å². The summed E-state index contributed by atoms with van der Waals surface area (Å²) in [4.78, 5) is 15.7. The summed E-state index contributed by atoms with van der Waals surface area (Å²) >= 11 is 0. The van der Waals surface area contributed by atoms with Crippen molar-refractivity contribution < 1.29 is 13.6 Å². The van der Waals surface area contributed by atoms with E-state index in [1.54, 1.807) is 6.07 Å². The first-order valence-corrected chi connectivity index (χ1v) is 5.51. The first-order valence-electron chi connectivity index (χ1n) is 5.51. The van der Waals surface area contributed by atoms with E-state index < -0.39 is 17.5 Å². The number of nitrogens with zero attached hydrogens (tertiary/aromatic N) is 1. The van der Waals surface area contributed by atoms with Crippen molar-refractivity contribution in [3.05, 3.63) is 59.4 Å². The van der Waals surface area contributed by atoms with Crippen LogP contribution in [-0.2, 0) is 6.54 Å².